The fraction of sp³-hybridized carbons (Fsp3) is 0.556. The summed E-state index contributed by atoms with van der Waals surface area (Å²) in [6.07, 6.45) is 9.05. The van der Waals surface area contributed by atoms with Crippen LogP contribution in [0.4, 0.5) is 0 Å². The van der Waals surface area contributed by atoms with Crippen molar-refractivity contribution in [3.8, 4) is 12.3 Å². The first kappa shape index (κ1) is 8.64. The van der Waals surface area contributed by atoms with E-state index in [1.807, 2.05) is 0 Å². The predicted molar refractivity (Wildman–Crippen MR) is 48.7 cm³/mol. The summed E-state index contributed by atoms with van der Waals surface area (Å²) in [5.41, 5.74) is 1.34. The molecule has 0 radical (unpaired) electrons. The van der Waals surface area contributed by atoms with E-state index in [0.717, 1.165) is 25.9 Å². The smallest absolute Gasteiger partial charge is 0.0643 e. The molecule has 60 valence electrons. The summed E-state index contributed by atoms with van der Waals surface area (Å²) < 4.78 is 0. The summed E-state index contributed by atoms with van der Waals surface area (Å²) in [6, 6.07) is 0. The molecule has 11 heavy (non-hydrogen) atoms. The van der Waals surface area contributed by atoms with Gasteiger partial charge in [0.25, 0.3) is 0 Å². The van der Waals surface area contributed by atoms with Crippen LogP contribution >= 0.6 is 11.6 Å². The Balaban J connectivity index is 2.38. The second-order valence-electron chi connectivity index (χ2n) is 2.68. The molecule has 1 unspecified atom stereocenters. The van der Waals surface area contributed by atoms with Crippen LogP contribution in [0.3, 0.4) is 0 Å². The van der Waals surface area contributed by atoms with Crippen LogP contribution in [0.25, 0.3) is 0 Å². The normalized spacial score (nSPS) is 24.0. The highest BCUT2D eigenvalue weighted by Crippen LogP contribution is 2.11. The van der Waals surface area contributed by atoms with Crippen LogP contribution in [0.1, 0.15) is 12.8 Å². The van der Waals surface area contributed by atoms with Crippen LogP contribution in [-0.4, -0.2) is 18.5 Å². The summed E-state index contributed by atoms with van der Waals surface area (Å²) in [6.45, 7) is 1.83. The van der Waals surface area contributed by atoms with Crippen molar-refractivity contribution in [2.45, 2.75) is 18.2 Å². The highest BCUT2D eigenvalue weighted by Gasteiger charge is 2.08. The molecule has 1 aliphatic rings. The SMILES string of the molecule is C#CCCC1=CC(Cl)CNC1. The molecule has 0 spiro atoms. The van der Waals surface area contributed by atoms with Gasteiger partial charge in [0.1, 0.15) is 0 Å². The third kappa shape index (κ3) is 2.96. The van der Waals surface area contributed by atoms with Crippen LogP contribution < -0.4 is 5.32 Å². The maximum Gasteiger partial charge on any atom is 0.0643 e. The molecule has 1 nitrogen and oxygen atoms in total. The van der Waals surface area contributed by atoms with Crippen LogP contribution in [0.2, 0.25) is 0 Å². The Hall–Kier alpha value is -0.450. The Morgan fingerprint density at radius 2 is 2.64 bits per heavy atom. The van der Waals surface area contributed by atoms with E-state index in [9.17, 15) is 0 Å². The molecule has 0 bridgehead atoms. The van der Waals surface area contributed by atoms with Gasteiger partial charge in [0.05, 0.1) is 5.38 Å². The van der Waals surface area contributed by atoms with Crippen LogP contribution in [0.15, 0.2) is 11.6 Å². The Morgan fingerprint density at radius 1 is 1.82 bits per heavy atom. The van der Waals surface area contributed by atoms with Gasteiger partial charge >= 0.3 is 0 Å². The van der Waals surface area contributed by atoms with Crippen molar-refractivity contribution in [1.82, 2.24) is 5.32 Å². The van der Waals surface area contributed by atoms with E-state index in [-0.39, 0.29) is 5.38 Å². The van der Waals surface area contributed by atoms with Crippen LogP contribution in [0, 0.1) is 12.3 Å². The van der Waals surface area contributed by atoms with Gasteiger partial charge < -0.3 is 5.32 Å². The maximum absolute atomic E-state index is 5.90. The van der Waals surface area contributed by atoms with E-state index in [4.69, 9.17) is 18.0 Å². The molecule has 0 aliphatic carbocycles. The van der Waals surface area contributed by atoms with Crippen LogP contribution in [0.5, 0.6) is 0 Å². The molecule has 0 amide bonds. The fourth-order valence-electron chi connectivity index (χ4n) is 1.15. The van der Waals surface area contributed by atoms with Crippen molar-refractivity contribution in [2.75, 3.05) is 13.1 Å². The molecule has 0 aromatic heterocycles. The average molecular weight is 170 g/mol. The van der Waals surface area contributed by atoms with E-state index >= 15 is 0 Å². The minimum Gasteiger partial charge on any atom is -0.311 e. The van der Waals surface area contributed by atoms with Gasteiger partial charge in [0, 0.05) is 19.5 Å². The van der Waals surface area contributed by atoms with Gasteiger partial charge in [-0.1, -0.05) is 11.6 Å². The zero-order valence-corrected chi connectivity index (χ0v) is 7.19. The van der Waals surface area contributed by atoms with Crippen molar-refractivity contribution >= 4 is 11.6 Å². The number of terminal acetylenes is 1. The lowest BCUT2D eigenvalue weighted by Gasteiger charge is -2.16. The molecular formula is C9H12ClN. The molecule has 1 aliphatic heterocycles. The number of hydrogen-bond acceptors (Lipinski definition) is 1. The lowest BCUT2D eigenvalue weighted by molar-refractivity contribution is 0.685. The van der Waals surface area contributed by atoms with Crippen molar-refractivity contribution in [3.05, 3.63) is 11.6 Å². The zero-order chi connectivity index (χ0) is 8.10. The first-order chi connectivity index (χ1) is 5.33. The van der Waals surface area contributed by atoms with E-state index in [1.54, 1.807) is 0 Å². The number of halogens is 1. The predicted octanol–water partition coefficient (Wildman–Crippen LogP) is 1.54. The molecule has 1 atom stereocenters. The summed E-state index contributed by atoms with van der Waals surface area (Å²) in [7, 11) is 0. The molecule has 1 heterocycles. The Morgan fingerprint density at radius 3 is 3.27 bits per heavy atom. The monoisotopic (exact) mass is 169 g/mol. The number of alkyl halides is 1. The number of nitrogens with one attached hydrogen (secondary N) is 1. The summed E-state index contributed by atoms with van der Waals surface area (Å²) >= 11 is 5.90. The number of hydrogen-bond donors (Lipinski definition) is 1. The zero-order valence-electron chi connectivity index (χ0n) is 6.44. The van der Waals surface area contributed by atoms with E-state index in [2.05, 4.69) is 17.3 Å². The number of rotatable bonds is 2. The van der Waals surface area contributed by atoms with Crippen molar-refractivity contribution in [2.24, 2.45) is 0 Å². The lowest BCUT2D eigenvalue weighted by Crippen LogP contribution is -2.29. The Labute approximate surface area is 72.8 Å². The first-order valence-corrected chi connectivity index (χ1v) is 4.24. The maximum atomic E-state index is 5.90. The molecule has 1 rings (SSSR count). The third-order valence-electron chi connectivity index (χ3n) is 1.70. The highest BCUT2D eigenvalue weighted by molar-refractivity contribution is 6.22. The van der Waals surface area contributed by atoms with Crippen molar-refractivity contribution in [1.29, 1.82) is 0 Å². The molecule has 0 aromatic rings. The van der Waals surface area contributed by atoms with Gasteiger partial charge in [-0.05, 0) is 6.42 Å². The topological polar surface area (TPSA) is 12.0 Å². The molecule has 1 N–H and O–H groups in total. The summed E-state index contributed by atoms with van der Waals surface area (Å²) in [5, 5.41) is 3.37. The second kappa shape index (κ2) is 4.43. The quantitative estimate of drug-likeness (QED) is 0.376. The highest BCUT2D eigenvalue weighted by atomic mass is 35.5. The lowest BCUT2D eigenvalue weighted by atomic mass is 10.1. The summed E-state index contributed by atoms with van der Waals surface area (Å²) in [5.74, 6) is 2.62. The van der Waals surface area contributed by atoms with Gasteiger partial charge in [-0.2, -0.15) is 0 Å². The Bertz CT molecular complexity index is 190. The third-order valence-corrected chi connectivity index (χ3v) is 1.98. The molecular weight excluding hydrogens is 158 g/mol. The molecule has 0 fully saturated rings. The minimum absolute atomic E-state index is 0.150. The second-order valence-corrected chi connectivity index (χ2v) is 3.24. The van der Waals surface area contributed by atoms with E-state index < -0.39 is 0 Å². The molecule has 0 saturated heterocycles. The average Bonchev–Trinajstić information content (AvgIpc) is 2.01. The van der Waals surface area contributed by atoms with Crippen molar-refractivity contribution in [3.63, 3.8) is 0 Å². The Kier molecular flexibility index (Phi) is 3.48. The van der Waals surface area contributed by atoms with Gasteiger partial charge in [-0.3, -0.25) is 0 Å². The van der Waals surface area contributed by atoms with Crippen LogP contribution in [-0.2, 0) is 0 Å². The standard InChI is InChI=1S/C9H12ClN/c1-2-3-4-8-5-9(10)7-11-6-8/h1,5,9,11H,3-4,6-7H2. The summed E-state index contributed by atoms with van der Waals surface area (Å²) in [4.78, 5) is 0. The fourth-order valence-corrected chi connectivity index (χ4v) is 1.44. The largest absolute Gasteiger partial charge is 0.311 e. The van der Waals surface area contributed by atoms with E-state index in [1.165, 1.54) is 5.57 Å². The van der Waals surface area contributed by atoms with E-state index in [0.29, 0.717) is 0 Å². The van der Waals surface area contributed by atoms with Gasteiger partial charge in [-0.15, -0.1) is 23.9 Å². The molecule has 2 heteroatoms. The van der Waals surface area contributed by atoms with Gasteiger partial charge in [-0.25, -0.2) is 0 Å². The minimum atomic E-state index is 0.150. The van der Waals surface area contributed by atoms with Gasteiger partial charge in [0.2, 0.25) is 0 Å². The molecule has 0 aromatic carbocycles. The van der Waals surface area contributed by atoms with Gasteiger partial charge in [0.15, 0.2) is 0 Å². The van der Waals surface area contributed by atoms with Crippen molar-refractivity contribution < 1.29 is 0 Å². The first-order valence-electron chi connectivity index (χ1n) is 3.80. The molecule has 0 saturated carbocycles.